The SMILES string of the molecule is N#CC1(C#N)C(c2ccco2)C([N+](=O)[O-])=C2N(Cc3ccc(Cl)nc3)CCN2C1c1ccccc1. The summed E-state index contributed by atoms with van der Waals surface area (Å²) >= 11 is 5.93. The Hall–Kier alpha value is -4.34. The van der Waals surface area contributed by atoms with Gasteiger partial charge < -0.3 is 14.2 Å². The van der Waals surface area contributed by atoms with Crippen LogP contribution in [0.1, 0.15) is 28.8 Å². The maximum absolute atomic E-state index is 12.6. The van der Waals surface area contributed by atoms with E-state index < -0.39 is 22.3 Å². The lowest BCUT2D eigenvalue weighted by Crippen LogP contribution is -2.49. The molecule has 0 radical (unpaired) electrons. The van der Waals surface area contributed by atoms with Crippen molar-refractivity contribution in [1.82, 2.24) is 14.8 Å². The average Bonchev–Trinajstić information content (AvgIpc) is 3.54. The molecule has 1 aromatic carbocycles. The van der Waals surface area contributed by atoms with Crippen LogP contribution in [0.2, 0.25) is 5.15 Å². The van der Waals surface area contributed by atoms with Gasteiger partial charge in [0.15, 0.2) is 11.2 Å². The number of pyridine rings is 1. The van der Waals surface area contributed by atoms with Gasteiger partial charge in [-0.3, -0.25) is 10.1 Å². The molecular formula is C25H19ClN6O3. The third-order valence-electron chi connectivity index (χ3n) is 6.56. The van der Waals surface area contributed by atoms with Gasteiger partial charge in [0.25, 0.3) is 5.70 Å². The number of hydrogen-bond donors (Lipinski definition) is 0. The molecule has 0 spiro atoms. The first kappa shape index (κ1) is 22.5. The number of halogens is 1. The van der Waals surface area contributed by atoms with E-state index in [-0.39, 0.29) is 11.5 Å². The minimum Gasteiger partial charge on any atom is -0.468 e. The molecule has 9 nitrogen and oxygen atoms in total. The van der Waals surface area contributed by atoms with E-state index in [2.05, 4.69) is 17.1 Å². The van der Waals surface area contributed by atoms with E-state index in [0.29, 0.717) is 30.6 Å². The topological polar surface area (TPSA) is 123 Å². The number of fused-ring (bicyclic) bond motifs is 1. The summed E-state index contributed by atoms with van der Waals surface area (Å²) in [6, 6.07) is 19.5. The predicted molar refractivity (Wildman–Crippen MR) is 125 cm³/mol. The van der Waals surface area contributed by atoms with Crippen molar-refractivity contribution in [2.24, 2.45) is 5.41 Å². The van der Waals surface area contributed by atoms with Gasteiger partial charge in [0.1, 0.15) is 16.8 Å². The number of aromatic nitrogens is 1. The minimum absolute atomic E-state index is 0.202. The van der Waals surface area contributed by atoms with Crippen LogP contribution in [0.25, 0.3) is 0 Å². The average molecular weight is 487 g/mol. The second-order valence-electron chi connectivity index (χ2n) is 8.42. The van der Waals surface area contributed by atoms with E-state index in [1.807, 2.05) is 46.2 Å². The van der Waals surface area contributed by atoms with E-state index in [4.69, 9.17) is 16.0 Å². The molecule has 174 valence electrons. The van der Waals surface area contributed by atoms with Crippen LogP contribution in [0, 0.1) is 38.2 Å². The number of furan rings is 1. The first-order chi connectivity index (χ1) is 17.0. The Balaban J connectivity index is 1.75. The number of benzene rings is 1. The number of nitrogens with zero attached hydrogens (tertiary/aromatic N) is 6. The van der Waals surface area contributed by atoms with Crippen LogP contribution < -0.4 is 0 Å². The second-order valence-corrected chi connectivity index (χ2v) is 8.81. The molecule has 2 atom stereocenters. The van der Waals surface area contributed by atoms with Crippen molar-refractivity contribution in [3.63, 3.8) is 0 Å². The highest BCUT2D eigenvalue weighted by Gasteiger charge is 2.63. The van der Waals surface area contributed by atoms with Crippen molar-refractivity contribution in [2.75, 3.05) is 13.1 Å². The second kappa shape index (κ2) is 8.79. The van der Waals surface area contributed by atoms with Crippen LogP contribution >= 0.6 is 11.6 Å². The Bertz CT molecular complexity index is 1340. The molecule has 1 fully saturated rings. The van der Waals surface area contributed by atoms with Gasteiger partial charge in [0.05, 0.1) is 29.4 Å². The normalized spacial score (nSPS) is 20.8. The fourth-order valence-corrected chi connectivity index (χ4v) is 5.27. The van der Waals surface area contributed by atoms with E-state index in [9.17, 15) is 20.6 Å². The molecule has 2 unspecified atom stereocenters. The van der Waals surface area contributed by atoms with Crippen LogP contribution in [-0.2, 0) is 6.54 Å². The third kappa shape index (κ3) is 3.58. The molecule has 5 rings (SSSR count). The molecule has 0 saturated carbocycles. The highest BCUT2D eigenvalue weighted by Crippen LogP contribution is 2.58. The summed E-state index contributed by atoms with van der Waals surface area (Å²) in [5.74, 6) is -0.628. The molecule has 2 aliphatic heterocycles. The van der Waals surface area contributed by atoms with Crippen molar-refractivity contribution < 1.29 is 9.34 Å². The van der Waals surface area contributed by atoms with Crippen LogP contribution in [0.5, 0.6) is 0 Å². The quantitative estimate of drug-likeness (QED) is 0.294. The fraction of sp³-hybridized carbons (Fsp3) is 0.240. The number of allylic oxidation sites excluding steroid dienone is 1. The van der Waals surface area contributed by atoms with Gasteiger partial charge in [-0.25, -0.2) is 4.98 Å². The van der Waals surface area contributed by atoms with Crippen molar-refractivity contribution in [3.05, 3.63) is 111 Å². The molecule has 0 bridgehead atoms. The first-order valence-electron chi connectivity index (χ1n) is 10.9. The van der Waals surface area contributed by atoms with Gasteiger partial charge in [0, 0.05) is 25.8 Å². The smallest absolute Gasteiger partial charge is 0.299 e. The van der Waals surface area contributed by atoms with Gasteiger partial charge in [-0.05, 0) is 29.3 Å². The number of hydrogen-bond acceptors (Lipinski definition) is 8. The maximum Gasteiger partial charge on any atom is 0.299 e. The summed E-state index contributed by atoms with van der Waals surface area (Å²) < 4.78 is 5.61. The highest BCUT2D eigenvalue weighted by molar-refractivity contribution is 6.29. The number of nitriles is 2. The predicted octanol–water partition coefficient (Wildman–Crippen LogP) is 4.46. The fourth-order valence-electron chi connectivity index (χ4n) is 5.16. The summed E-state index contributed by atoms with van der Waals surface area (Å²) in [5.41, 5.74) is -0.477. The highest BCUT2D eigenvalue weighted by atomic mass is 35.5. The molecule has 2 aliphatic rings. The minimum atomic E-state index is -1.80. The Labute approximate surface area is 206 Å². The van der Waals surface area contributed by atoms with E-state index in [0.717, 1.165) is 11.1 Å². The molecule has 1 saturated heterocycles. The summed E-state index contributed by atoms with van der Waals surface area (Å²) in [6.45, 7) is 1.23. The van der Waals surface area contributed by atoms with Crippen molar-refractivity contribution in [1.29, 1.82) is 10.5 Å². The summed E-state index contributed by atoms with van der Waals surface area (Å²) in [6.07, 6.45) is 3.03. The van der Waals surface area contributed by atoms with Crippen LogP contribution in [0.4, 0.5) is 0 Å². The molecule has 10 heteroatoms. The van der Waals surface area contributed by atoms with Gasteiger partial charge in [0.2, 0.25) is 0 Å². The molecule has 0 aliphatic carbocycles. The molecule has 3 aromatic rings. The van der Waals surface area contributed by atoms with Gasteiger partial charge in [-0.15, -0.1) is 0 Å². The molecular weight excluding hydrogens is 468 g/mol. The lowest BCUT2D eigenvalue weighted by Gasteiger charge is -2.45. The van der Waals surface area contributed by atoms with E-state index in [1.165, 1.54) is 6.26 Å². The molecule has 0 amide bonds. The van der Waals surface area contributed by atoms with Crippen LogP contribution in [0.15, 0.2) is 83.0 Å². The van der Waals surface area contributed by atoms with E-state index >= 15 is 0 Å². The largest absolute Gasteiger partial charge is 0.468 e. The molecule has 0 N–H and O–H groups in total. The maximum atomic E-state index is 12.6. The molecule has 4 heterocycles. The van der Waals surface area contributed by atoms with Gasteiger partial charge in [-0.2, -0.15) is 10.5 Å². The molecule has 35 heavy (non-hydrogen) atoms. The Morgan fingerprint density at radius 1 is 1.14 bits per heavy atom. The van der Waals surface area contributed by atoms with Crippen LogP contribution in [-0.4, -0.2) is 32.8 Å². The number of rotatable bonds is 5. The zero-order valence-electron chi connectivity index (χ0n) is 18.4. The Morgan fingerprint density at radius 3 is 2.51 bits per heavy atom. The Kier molecular flexibility index (Phi) is 5.64. The number of nitro groups is 1. The first-order valence-corrected chi connectivity index (χ1v) is 11.3. The lowest BCUT2D eigenvalue weighted by molar-refractivity contribution is -0.438. The lowest BCUT2D eigenvalue weighted by atomic mass is 9.65. The van der Waals surface area contributed by atoms with E-state index in [1.54, 1.807) is 24.4 Å². The third-order valence-corrected chi connectivity index (χ3v) is 6.78. The van der Waals surface area contributed by atoms with Crippen LogP contribution in [0.3, 0.4) is 0 Å². The standard InChI is InChI=1S/C25H19ClN6O3/c26-20-9-8-17(13-29-20)14-30-10-11-31-23(18-5-2-1-3-6-18)25(15-27,16-28)21(19-7-4-12-35-19)22(24(30)31)32(33)34/h1-9,12-13,21,23H,10-11,14H2. The summed E-state index contributed by atoms with van der Waals surface area (Å²) in [4.78, 5) is 20.0. The van der Waals surface area contributed by atoms with Crippen molar-refractivity contribution in [3.8, 4) is 12.1 Å². The summed E-state index contributed by atoms with van der Waals surface area (Å²) in [7, 11) is 0. The zero-order valence-corrected chi connectivity index (χ0v) is 19.2. The zero-order chi connectivity index (χ0) is 24.6. The van der Waals surface area contributed by atoms with Crippen molar-refractivity contribution in [2.45, 2.75) is 18.5 Å². The van der Waals surface area contributed by atoms with Gasteiger partial charge in [-0.1, -0.05) is 48.0 Å². The van der Waals surface area contributed by atoms with Gasteiger partial charge >= 0.3 is 0 Å². The Morgan fingerprint density at radius 2 is 1.91 bits per heavy atom. The molecule has 2 aromatic heterocycles. The monoisotopic (exact) mass is 486 g/mol. The summed E-state index contributed by atoms with van der Waals surface area (Å²) in [5, 5.41) is 33.9. The van der Waals surface area contributed by atoms with Crippen molar-refractivity contribution >= 4 is 11.6 Å².